The number of morpholine rings is 1. The lowest BCUT2D eigenvalue weighted by atomic mass is 10.2. The SMILES string of the molecule is CCCC(=O)Nc1ccc(CN=C(NCC)N2CCC(N3CCOCC3)C2)cc1.I. The molecule has 2 aliphatic rings. The molecular formula is C22H36IN5O2. The van der Waals surface area contributed by atoms with E-state index in [0.717, 1.165) is 69.6 Å². The Kier molecular flexibility index (Phi) is 10.9. The van der Waals surface area contributed by atoms with Crippen molar-refractivity contribution < 1.29 is 9.53 Å². The summed E-state index contributed by atoms with van der Waals surface area (Å²) < 4.78 is 5.49. The van der Waals surface area contributed by atoms with Gasteiger partial charge in [0, 0.05) is 50.9 Å². The number of rotatable bonds is 7. The van der Waals surface area contributed by atoms with Crippen molar-refractivity contribution in [2.45, 2.75) is 45.7 Å². The van der Waals surface area contributed by atoms with Crippen molar-refractivity contribution in [2.75, 3.05) is 51.3 Å². The number of aliphatic imine (C=N–C) groups is 1. The van der Waals surface area contributed by atoms with Crippen molar-refractivity contribution in [1.29, 1.82) is 0 Å². The summed E-state index contributed by atoms with van der Waals surface area (Å²) in [5.74, 6) is 1.06. The van der Waals surface area contributed by atoms with Gasteiger partial charge in [-0.05, 0) is 37.5 Å². The van der Waals surface area contributed by atoms with Gasteiger partial charge in [0.1, 0.15) is 0 Å². The van der Waals surface area contributed by atoms with E-state index in [0.29, 0.717) is 19.0 Å². The van der Waals surface area contributed by atoms with Crippen LogP contribution in [0.5, 0.6) is 0 Å². The van der Waals surface area contributed by atoms with Crippen LogP contribution in [-0.4, -0.2) is 73.6 Å². The quantitative estimate of drug-likeness (QED) is 0.323. The Balaban J connectivity index is 0.00000320. The van der Waals surface area contributed by atoms with E-state index in [2.05, 4.69) is 27.4 Å². The Labute approximate surface area is 197 Å². The van der Waals surface area contributed by atoms with Gasteiger partial charge >= 0.3 is 0 Å². The first kappa shape index (κ1) is 24.9. The second-order valence-corrected chi connectivity index (χ2v) is 7.70. The second-order valence-electron chi connectivity index (χ2n) is 7.70. The summed E-state index contributed by atoms with van der Waals surface area (Å²) >= 11 is 0. The van der Waals surface area contributed by atoms with Crippen molar-refractivity contribution >= 4 is 41.5 Å². The molecule has 2 N–H and O–H groups in total. The molecule has 1 aromatic rings. The molecule has 30 heavy (non-hydrogen) atoms. The number of amides is 1. The molecule has 1 amide bonds. The van der Waals surface area contributed by atoms with Gasteiger partial charge in [-0.15, -0.1) is 24.0 Å². The van der Waals surface area contributed by atoms with Crippen LogP contribution in [-0.2, 0) is 16.1 Å². The zero-order valence-corrected chi connectivity index (χ0v) is 20.6. The highest BCUT2D eigenvalue weighted by Crippen LogP contribution is 2.18. The lowest BCUT2D eigenvalue weighted by molar-refractivity contribution is -0.116. The van der Waals surface area contributed by atoms with Crippen molar-refractivity contribution in [2.24, 2.45) is 4.99 Å². The molecule has 0 aromatic heterocycles. The number of benzene rings is 1. The van der Waals surface area contributed by atoms with Gasteiger partial charge in [-0.3, -0.25) is 9.69 Å². The Morgan fingerprint density at radius 1 is 1.17 bits per heavy atom. The summed E-state index contributed by atoms with van der Waals surface area (Å²) in [7, 11) is 0. The first-order chi connectivity index (χ1) is 14.2. The van der Waals surface area contributed by atoms with E-state index in [9.17, 15) is 4.79 Å². The molecule has 1 unspecified atom stereocenters. The summed E-state index contributed by atoms with van der Waals surface area (Å²) in [5, 5.41) is 6.37. The lowest BCUT2D eigenvalue weighted by Gasteiger charge is -2.32. The van der Waals surface area contributed by atoms with Crippen LogP contribution in [0.2, 0.25) is 0 Å². The number of guanidine groups is 1. The molecule has 8 heteroatoms. The van der Waals surface area contributed by atoms with Gasteiger partial charge in [-0.25, -0.2) is 4.99 Å². The maximum atomic E-state index is 11.7. The normalized spacial score (nSPS) is 20.0. The highest BCUT2D eigenvalue weighted by molar-refractivity contribution is 14.0. The zero-order chi connectivity index (χ0) is 20.5. The molecule has 3 rings (SSSR count). The maximum Gasteiger partial charge on any atom is 0.224 e. The minimum Gasteiger partial charge on any atom is -0.379 e. The van der Waals surface area contributed by atoms with Crippen molar-refractivity contribution in [1.82, 2.24) is 15.1 Å². The minimum atomic E-state index is 0. The van der Waals surface area contributed by atoms with Crippen LogP contribution in [0, 0.1) is 0 Å². The summed E-state index contributed by atoms with van der Waals surface area (Å²) in [6.07, 6.45) is 2.59. The topological polar surface area (TPSA) is 69.2 Å². The molecule has 2 fully saturated rings. The number of hydrogen-bond donors (Lipinski definition) is 2. The number of ether oxygens (including phenoxy) is 1. The van der Waals surface area contributed by atoms with E-state index in [4.69, 9.17) is 9.73 Å². The molecule has 2 heterocycles. The molecule has 1 atom stereocenters. The van der Waals surface area contributed by atoms with Gasteiger partial charge < -0.3 is 20.3 Å². The lowest BCUT2D eigenvalue weighted by Crippen LogP contribution is -2.46. The summed E-state index contributed by atoms with van der Waals surface area (Å²) in [6.45, 7) is 11.4. The largest absolute Gasteiger partial charge is 0.379 e. The molecule has 0 spiro atoms. The number of likely N-dealkylation sites (tertiary alicyclic amines) is 1. The summed E-state index contributed by atoms with van der Waals surface area (Å²) in [4.78, 5) is 21.5. The van der Waals surface area contributed by atoms with Crippen LogP contribution in [0.1, 0.15) is 38.7 Å². The van der Waals surface area contributed by atoms with E-state index < -0.39 is 0 Å². The average Bonchev–Trinajstić information content (AvgIpc) is 3.23. The monoisotopic (exact) mass is 529 g/mol. The van der Waals surface area contributed by atoms with E-state index in [1.807, 2.05) is 31.2 Å². The molecule has 0 bridgehead atoms. The highest BCUT2D eigenvalue weighted by atomic mass is 127. The van der Waals surface area contributed by atoms with Gasteiger partial charge in [0.25, 0.3) is 0 Å². The standard InChI is InChI=1S/C22H35N5O2.HI/c1-3-5-21(28)25-19-8-6-18(7-9-19)16-24-22(23-4-2)27-11-10-20(17-27)26-12-14-29-15-13-26;/h6-9,20H,3-5,10-17H2,1-2H3,(H,23,24)(H,25,28);1H. The molecule has 0 radical (unpaired) electrons. The van der Waals surface area contributed by atoms with Crippen LogP contribution < -0.4 is 10.6 Å². The molecule has 2 aliphatic heterocycles. The number of carbonyl (C=O) groups excluding carboxylic acids is 1. The molecule has 0 aliphatic carbocycles. The van der Waals surface area contributed by atoms with Crippen LogP contribution in [0.3, 0.4) is 0 Å². The Bertz CT molecular complexity index is 677. The Hall–Kier alpha value is -1.39. The van der Waals surface area contributed by atoms with Gasteiger partial charge in [-0.1, -0.05) is 19.1 Å². The smallest absolute Gasteiger partial charge is 0.224 e. The van der Waals surface area contributed by atoms with E-state index >= 15 is 0 Å². The summed E-state index contributed by atoms with van der Waals surface area (Å²) in [5.41, 5.74) is 1.98. The third-order valence-electron chi connectivity index (χ3n) is 5.49. The minimum absolute atomic E-state index is 0. The molecule has 7 nitrogen and oxygen atoms in total. The van der Waals surface area contributed by atoms with E-state index in [-0.39, 0.29) is 29.9 Å². The molecule has 168 valence electrons. The van der Waals surface area contributed by atoms with Gasteiger partial charge in [0.05, 0.1) is 19.8 Å². The van der Waals surface area contributed by atoms with Crippen molar-refractivity contribution in [3.63, 3.8) is 0 Å². The predicted octanol–water partition coefficient (Wildman–Crippen LogP) is 2.92. The fraction of sp³-hybridized carbons (Fsp3) is 0.636. The average molecular weight is 529 g/mol. The zero-order valence-electron chi connectivity index (χ0n) is 18.2. The maximum absolute atomic E-state index is 11.7. The third kappa shape index (κ3) is 7.39. The molecule has 1 aromatic carbocycles. The first-order valence-corrected chi connectivity index (χ1v) is 10.9. The number of nitrogens with zero attached hydrogens (tertiary/aromatic N) is 3. The van der Waals surface area contributed by atoms with Crippen LogP contribution >= 0.6 is 24.0 Å². The first-order valence-electron chi connectivity index (χ1n) is 10.9. The Morgan fingerprint density at radius 3 is 2.57 bits per heavy atom. The van der Waals surface area contributed by atoms with Gasteiger partial charge in [0.2, 0.25) is 5.91 Å². The fourth-order valence-electron chi connectivity index (χ4n) is 3.91. The molecular weight excluding hydrogens is 493 g/mol. The van der Waals surface area contributed by atoms with Gasteiger partial charge in [0.15, 0.2) is 5.96 Å². The van der Waals surface area contributed by atoms with Gasteiger partial charge in [-0.2, -0.15) is 0 Å². The second kappa shape index (κ2) is 13.1. The number of carbonyl (C=O) groups is 1. The number of hydrogen-bond acceptors (Lipinski definition) is 4. The van der Waals surface area contributed by atoms with E-state index in [1.54, 1.807) is 0 Å². The van der Waals surface area contributed by atoms with E-state index in [1.165, 1.54) is 6.42 Å². The Morgan fingerprint density at radius 2 is 1.90 bits per heavy atom. The number of halogens is 1. The van der Waals surface area contributed by atoms with Crippen LogP contribution in [0.4, 0.5) is 5.69 Å². The number of nitrogens with one attached hydrogen (secondary N) is 2. The molecule has 2 saturated heterocycles. The van der Waals surface area contributed by atoms with Crippen LogP contribution in [0.15, 0.2) is 29.3 Å². The van der Waals surface area contributed by atoms with Crippen molar-refractivity contribution in [3.8, 4) is 0 Å². The number of anilines is 1. The predicted molar refractivity (Wildman–Crippen MR) is 133 cm³/mol. The summed E-state index contributed by atoms with van der Waals surface area (Å²) in [6, 6.07) is 8.57. The van der Waals surface area contributed by atoms with Crippen LogP contribution in [0.25, 0.3) is 0 Å². The highest BCUT2D eigenvalue weighted by Gasteiger charge is 2.30. The third-order valence-corrected chi connectivity index (χ3v) is 5.49. The fourth-order valence-corrected chi connectivity index (χ4v) is 3.91. The molecule has 0 saturated carbocycles. The van der Waals surface area contributed by atoms with Crippen molar-refractivity contribution in [3.05, 3.63) is 29.8 Å².